The van der Waals surface area contributed by atoms with Gasteiger partial charge in [-0.2, -0.15) is 8.78 Å². The molecule has 2 aromatic carbocycles. The van der Waals surface area contributed by atoms with Gasteiger partial charge in [0.25, 0.3) is 5.91 Å². The molecule has 0 aromatic heterocycles. The van der Waals surface area contributed by atoms with E-state index in [2.05, 4.69) is 26.0 Å². The fraction of sp³-hybridized carbons (Fsp3) is 0.316. The molecule has 0 aliphatic rings. The zero-order valence-corrected chi connectivity index (χ0v) is 17.1. The van der Waals surface area contributed by atoms with E-state index in [0.29, 0.717) is 40.1 Å². The van der Waals surface area contributed by atoms with Crippen molar-refractivity contribution < 1.29 is 32.5 Å². The lowest BCUT2D eigenvalue weighted by molar-refractivity contribution is -0.0512. The Labute approximate surface area is 169 Å². The number of alkyl halides is 2. The molecular weight excluding hydrogens is 440 g/mol. The molecule has 0 aliphatic carbocycles. The lowest BCUT2D eigenvalue weighted by Gasteiger charge is -2.13. The monoisotopic (exact) mass is 459 g/mol. The molecule has 0 aliphatic heterocycles. The second-order valence-electron chi connectivity index (χ2n) is 5.56. The third kappa shape index (κ3) is 5.48. The first kappa shape index (κ1) is 21.7. The maximum atomic E-state index is 12.5. The number of halogens is 3. The Bertz CT molecular complexity index is 807. The van der Waals surface area contributed by atoms with Gasteiger partial charge in [0.2, 0.25) is 0 Å². The van der Waals surface area contributed by atoms with Crippen molar-refractivity contribution in [3.8, 4) is 23.0 Å². The Morgan fingerprint density at radius 1 is 1.00 bits per heavy atom. The van der Waals surface area contributed by atoms with Gasteiger partial charge in [-0.3, -0.25) is 4.79 Å². The highest BCUT2D eigenvalue weighted by molar-refractivity contribution is 9.10. The van der Waals surface area contributed by atoms with Crippen LogP contribution in [0.25, 0.3) is 0 Å². The third-order valence-electron chi connectivity index (χ3n) is 3.85. The van der Waals surface area contributed by atoms with Gasteiger partial charge >= 0.3 is 6.61 Å². The average Bonchev–Trinajstić information content (AvgIpc) is 2.67. The molecule has 0 radical (unpaired) electrons. The van der Waals surface area contributed by atoms with Crippen LogP contribution in [0.2, 0.25) is 0 Å². The Hall–Kier alpha value is -2.55. The minimum Gasteiger partial charge on any atom is -0.495 e. The molecule has 0 unspecified atom stereocenters. The standard InChI is InChI=1S/C19H20BrF2NO5/c1-25-13-5-4-11(8-14(13)28-19(21)22)6-7-23-18(24)12-9-15(26-2)17(20)16(10-12)27-3/h4-5,8-10,19H,6-7H2,1-3H3,(H,23,24). The highest BCUT2D eigenvalue weighted by atomic mass is 79.9. The zero-order valence-electron chi connectivity index (χ0n) is 15.6. The number of benzene rings is 2. The molecule has 1 amide bonds. The van der Waals surface area contributed by atoms with Crippen LogP contribution in [0.5, 0.6) is 23.0 Å². The first-order valence-electron chi connectivity index (χ1n) is 8.21. The van der Waals surface area contributed by atoms with E-state index in [0.717, 1.165) is 0 Å². The Morgan fingerprint density at radius 3 is 2.14 bits per heavy atom. The summed E-state index contributed by atoms with van der Waals surface area (Å²) >= 11 is 3.35. The fourth-order valence-electron chi connectivity index (χ4n) is 2.49. The summed E-state index contributed by atoms with van der Waals surface area (Å²) in [6.07, 6.45) is 0.417. The lowest BCUT2D eigenvalue weighted by Crippen LogP contribution is -2.25. The number of ether oxygens (including phenoxy) is 4. The van der Waals surface area contributed by atoms with Gasteiger partial charge in [0, 0.05) is 12.1 Å². The number of nitrogens with one attached hydrogen (secondary N) is 1. The highest BCUT2D eigenvalue weighted by Crippen LogP contribution is 2.35. The van der Waals surface area contributed by atoms with Crippen molar-refractivity contribution in [2.75, 3.05) is 27.9 Å². The largest absolute Gasteiger partial charge is 0.495 e. The van der Waals surface area contributed by atoms with E-state index in [1.807, 2.05) is 0 Å². The fourth-order valence-corrected chi connectivity index (χ4v) is 3.04. The topological polar surface area (TPSA) is 66.0 Å². The van der Waals surface area contributed by atoms with Gasteiger partial charge in [0.05, 0.1) is 21.3 Å². The first-order valence-corrected chi connectivity index (χ1v) is 9.00. The van der Waals surface area contributed by atoms with E-state index >= 15 is 0 Å². The molecule has 0 bridgehead atoms. The normalized spacial score (nSPS) is 10.5. The molecule has 0 atom stereocenters. The Kier molecular flexibility index (Phi) is 7.86. The molecule has 0 saturated carbocycles. The predicted octanol–water partition coefficient (Wildman–Crippen LogP) is 4.05. The van der Waals surface area contributed by atoms with E-state index < -0.39 is 6.61 Å². The maximum absolute atomic E-state index is 12.5. The van der Waals surface area contributed by atoms with E-state index in [9.17, 15) is 13.6 Å². The lowest BCUT2D eigenvalue weighted by atomic mass is 10.1. The van der Waals surface area contributed by atoms with E-state index in [1.54, 1.807) is 24.3 Å². The molecule has 6 nitrogen and oxygen atoms in total. The molecule has 9 heteroatoms. The minimum absolute atomic E-state index is 0.0521. The number of hydrogen-bond acceptors (Lipinski definition) is 5. The van der Waals surface area contributed by atoms with Crippen LogP contribution in [-0.4, -0.2) is 40.4 Å². The van der Waals surface area contributed by atoms with Gasteiger partial charge in [0.1, 0.15) is 16.0 Å². The first-order chi connectivity index (χ1) is 13.4. The molecule has 28 heavy (non-hydrogen) atoms. The van der Waals surface area contributed by atoms with Crippen LogP contribution in [0, 0.1) is 0 Å². The van der Waals surface area contributed by atoms with Gasteiger partial charge < -0.3 is 24.3 Å². The summed E-state index contributed by atoms with van der Waals surface area (Å²) < 4.78 is 45.5. The molecule has 2 aromatic rings. The number of hydrogen-bond donors (Lipinski definition) is 1. The maximum Gasteiger partial charge on any atom is 0.387 e. The van der Waals surface area contributed by atoms with Crippen LogP contribution >= 0.6 is 15.9 Å². The Morgan fingerprint density at radius 2 is 1.61 bits per heavy atom. The average molecular weight is 460 g/mol. The van der Waals surface area contributed by atoms with Crippen molar-refractivity contribution in [3.05, 3.63) is 45.9 Å². The molecule has 0 saturated heterocycles. The summed E-state index contributed by atoms with van der Waals surface area (Å²) in [6, 6.07) is 7.89. The number of amides is 1. The van der Waals surface area contributed by atoms with Gasteiger partial charge in [-0.15, -0.1) is 0 Å². The summed E-state index contributed by atoms with van der Waals surface area (Å²) in [6.45, 7) is -2.66. The molecule has 1 N–H and O–H groups in total. The molecule has 2 rings (SSSR count). The number of carbonyl (C=O) groups excluding carboxylic acids is 1. The molecule has 152 valence electrons. The van der Waals surface area contributed by atoms with Crippen molar-refractivity contribution >= 4 is 21.8 Å². The molecule has 0 spiro atoms. The van der Waals surface area contributed by atoms with Crippen molar-refractivity contribution in [3.63, 3.8) is 0 Å². The highest BCUT2D eigenvalue weighted by Gasteiger charge is 2.15. The second-order valence-corrected chi connectivity index (χ2v) is 6.36. The number of rotatable bonds is 9. The van der Waals surface area contributed by atoms with Crippen molar-refractivity contribution in [2.24, 2.45) is 0 Å². The summed E-state index contributed by atoms with van der Waals surface area (Å²) in [7, 11) is 4.35. The van der Waals surface area contributed by atoms with Crippen LogP contribution < -0.4 is 24.3 Å². The van der Waals surface area contributed by atoms with Gasteiger partial charge in [-0.05, 0) is 52.2 Å². The van der Waals surface area contributed by atoms with Crippen LogP contribution in [0.4, 0.5) is 8.78 Å². The van der Waals surface area contributed by atoms with Gasteiger partial charge in [0.15, 0.2) is 11.5 Å². The number of methoxy groups -OCH3 is 3. The molecule has 0 fully saturated rings. The Balaban J connectivity index is 2.04. The van der Waals surface area contributed by atoms with Crippen molar-refractivity contribution in [2.45, 2.75) is 13.0 Å². The zero-order chi connectivity index (χ0) is 20.7. The van der Waals surface area contributed by atoms with Crippen LogP contribution in [0.15, 0.2) is 34.8 Å². The second kappa shape index (κ2) is 10.1. The van der Waals surface area contributed by atoms with Gasteiger partial charge in [-0.25, -0.2) is 0 Å². The quantitative estimate of drug-likeness (QED) is 0.612. The van der Waals surface area contributed by atoms with Crippen LogP contribution in [-0.2, 0) is 6.42 Å². The minimum atomic E-state index is -2.95. The summed E-state index contributed by atoms with van der Waals surface area (Å²) in [5, 5.41) is 2.77. The third-order valence-corrected chi connectivity index (χ3v) is 4.63. The summed E-state index contributed by atoms with van der Waals surface area (Å²) in [4.78, 5) is 12.4. The molecular formula is C19H20BrF2NO5. The van der Waals surface area contributed by atoms with E-state index in [-0.39, 0.29) is 17.4 Å². The SMILES string of the molecule is COc1ccc(CCNC(=O)c2cc(OC)c(Br)c(OC)c2)cc1OC(F)F. The number of carbonyl (C=O) groups is 1. The smallest absolute Gasteiger partial charge is 0.387 e. The van der Waals surface area contributed by atoms with E-state index in [4.69, 9.17) is 14.2 Å². The summed E-state index contributed by atoms with van der Waals surface area (Å²) in [5.41, 5.74) is 1.08. The van der Waals surface area contributed by atoms with Crippen molar-refractivity contribution in [1.29, 1.82) is 0 Å². The van der Waals surface area contributed by atoms with Crippen molar-refractivity contribution in [1.82, 2.24) is 5.32 Å². The predicted molar refractivity (Wildman–Crippen MR) is 103 cm³/mol. The van der Waals surface area contributed by atoms with Crippen LogP contribution in [0.3, 0.4) is 0 Å². The van der Waals surface area contributed by atoms with Gasteiger partial charge in [-0.1, -0.05) is 6.07 Å². The van der Waals surface area contributed by atoms with Crippen LogP contribution in [0.1, 0.15) is 15.9 Å². The van der Waals surface area contributed by atoms with E-state index in [1.165, 1.54) is 27.4 Å². The molecule has 0 heterocycles. The summed E-state index contributed by atoms with van der Waals surface area (Å²) in [5.74, 6) is 0.773.